The van der Waals surface area contributed by atoms with Crippen LogP contribution in [0.1, 0.15) is 18.1 Å². The lowest BCUT2D eigenvalue weighted by Gasteiger charge is -2.22. The zero-order chi connectivity index (χ0) is 16.5. The molecule has 1 aromatic carbocycles. The summed E-state index contributed by atoms with van der Waals surface area (Å²) in [5.74, 6) is -1.34. The highest BCUT2D eigenvalue weighted by atomic mass is 32.2. The van der Waals surface area contributed by atoms with E-state index in [9.17, 15) is 23.3 Å². The van der Waals surface area contributed by atoms with Crippen LogP contribution in [0.2, 0.25) is 0 Å². The molecule has 0 saturated heterocycles. The maximum atomic E-state index is 12.5. The van der Waals surface area contributed by atoms with E-state index in [4.69, 9.17) is 5.11 Å². The van der Waals surface area contributed by atoms with Crippen LogP contribution in [0.25, 0.3) is 0 Å². The highest BCUT2D eigenvalue weighted by Gasteiger charge is 2.36. The molecule has 8 nitrogen and oxygen atoms in total. The standard InChI is InChI=1S/C12H16N2O6S/c1-7-5-6-8(2)11(10(7)14(17)18)21(19,20)13(4)9(3)12(15)16/h5-6,9H,1-4H3,(H,15,16). The number of aryl methyl sites for hydroxylation is 2. The van der Waals surface area contributed by atoms with Gasteiger partial charge >= 0.3 is 5.97 Å². The van der Waals surface area contributed by atoms with Gasteiger partial charge in [0, 0.05) is 12.6 Å². The maximum absolute atomic E-state index is 12.5. The molecular formula is C12H16N2O6S. The van der Waals surface area contributed by atoms with Gasteiger partial charge in [0.2, 0.25) is 0 Å². The lowest BCUT2D eigenvalue weighted by molar-refractivity contribution is -0.388. The number of benzene rings is 1. The minimum Gasteiger partial charge on any atom is -0.480 e. The molecule has 0 aliphatic rings. The smallest absolute Gasteiger partial charge is 0.321 e. The average Bonchev–Trinajstić information content (AvgIpc) is 2.38. The monoisotopic (exact) mass is 316 g/mol. The molecule has 0 heterocycles. The van der Waals surface area contributed by atoms with Gasteiger partial charge in [0.15, 0.2) is 4.90 Å². The van der Waals surface area contributed by atoms with Gasteiger partial charge in [-0.05, 0) is 26.3 Å². The fourth-order valence-electron chi connectivity index (χ4n) is 1.83. The van der Waals surface area contributed by atoms with Crippen molar-refractivity contribution in [3.8, 4) is 0 Å². The summed E-state index contributed by atoms with van der Waals surface area (Å²) in [7, 11) is -3.22. The van der Waals surface area contributed by atoms with Crippen molar-refractivity contribution in [3.05, 3.63) is 33.4 Å². The summed E-state index contributed by atoms with van der Waals surface area (Å²) >= 11 is 0. The van der Waals surface area contributed by atoms with Crippen molar-refractivity contribution in [2.45, 2.75) is 31.7 Å². The van der Waals surface area contributed by atoms with E-state index in [1.807, 2.05) is 0 Å². The van der Waals surface area contributed by atoms with Gasteiger partial charge in [-0.2, -0.15) is 4.31 Å². The summed E-state index contributed by atoms with van der Waals surface area (Å²) in [6.07, 6.45) is 0. The van der Waals surface area contributed by atoms with Crippen molar-refractivity contribution < 1.29 is 23.2 Å². The zero-order valence-electron chi connectivity index (χ0n) is 12.0. The first-order chi connectivity index (χ1) is 9.51. The molecule has 0 aliphatic heterocycles. The van der Waals surface area contributed by atoms with E-state index in [2.05, 4.69) is 0 Å². The largest absolute Gasteiger partial charge is 0.480 e. The third kappa shape index (κ3) is 3.03. The van der Waals surface area contributed by atoms with Crippen LogP contribution in [-0.2, 0) is 14.8 Å². The van der Waals surface area contributed by atoms with Crippen molar-refractivity contribution in [1.82, 2.24) is 4.31 Å². The van der Waals surface area contributed by atoms with E-state index in [1.54, 1.807) is 0 Å². The Morgan fingerprint density at radius 2 is 1.81 bits per heavy atom. The van der Waals surface area contributed by atoms with E-state index < -0.39 is 37.5 Å². The number of aliphatic carboxylic acids is 1. The van der Waals surface area contributed by atoms with Gasteiger partial charge < -0.3 is 5.11 Å². The molecule has 1 unspecified atom stereocenters. The number of nitro groups is 1. The molecule has 1 rings (SSSR count). The summed E-state index contributed by atoms with van der Waals surface area (Å²) in [4.78, 5) is 20.9. The number of hydrogen-bond donors (Lipinski definition) is 1. The molecule has 9 heteroatoms. The topological polar surface area (TPSA) is 118 Å². The lowest BCUT2D eigenvalue weighted by Crippen LogP contribution is -2.40. The molecule has 0 aromatic heterocycles. The second kappa shape index (κ2) is 5.78. The van der Waals surface area contributed by atoms with E-state index in [0.29, 0.717) is 4.31 Å². The first-order valence-electron chi connectivity index (χ1n) is 5.97. The quantitative estimate of drug-likeness (QED) is 0.646. The highest BCUT2D eigenvalue weighted by Crippen LogP contribution is 2.32. The Morgan fingerprint density at radius 3 is 2.24 bits per heavy atom. The van der Waals surface area contributed by atoms with Crippen molar-refractivity contribution in [2.75, 3.05) is 7.05 Å². The average molecular weight is 316 g/mol. The summed E-state index contributed by atoms with van der Waals surface area (Å²) in [6.45, 7) is 4.05. The molecule has 1 N–H and O–H groups in total. The molecule has 0 bridgehead atoms. The zero-order valence-corrected chi connectivity index (χ0v) is 12.8. The van der Waals surface area contributed by atoms with Crippen LogP contribution >= 0.6 is 0 Å². The van der Waals surface area contributed by atoms with Gasteiger partial charge in [0.05, 0.1) is 4.92 Å². The predicted octanol–water partition coefficient (Wildman–Crippen LogP) is 1.31. The molecule has 21 heavy (non-hydrogen) atoms. The molecule has 0 radical (unpaired) electrons. The van der Waals surface area contributed by atoms with Crippen LogP contribution in [-0.4, -0.2) is 41.8 Å². The van der Waals surface area contributed by atoms with Gasteiger partial charge in [0.25, 0.3) is 15.7 Å². The normalized spacial score (nSPS) is 13.2. The Bertz CT molecular complexity index is 698. The molecule has 116 valence electrons. The molecule has 0 amide bonds. The minimum atomic E-state index is -4.30. The Morgan fingerprint density at radius 1 is 1.33 bits per heavy atom. The Hall–Kier alpha value is -2.00. The number of carboxylic acids is 1. The third-order valence-corrected chi connectivity index (χ3v) is 5.36. The molecular weight excluding hydrogens is 300 g/mol. The maximum Gasteiger partial charge on any atom is 0.321 e. The van der Waals surface area contributed by atoms with E-state index in [-0.39, 0.29) is 11.1 Å². The number of nitro benzene ring substituents is 1. The molecule has 0 saturated carbocycles. The highest BCUT2D eigenvalue weighted by molar-refractivity contribution is 7.89. The van der Waals surface area contributed by atoms with Crippen molar-refractivity contribution in [1.29, 1.82) is 0 Å². The lowest BCUT2D eigenvalue weighted by atomic mass is 10.1. The van der Waals surface area contributed by atoms with E-state index in [0.717, 1.165) is 7.05 Å². The molecule has 0 aliphatic carbocycles. The van der Waals surface area contributed by atoms with Crippen molar-refractivity contribution in [3.63, 3.8) is 0 Å². The Balaban J connectivity index is 3.63. The van der Waals surface area contributed by atoms with Crippen LogP contribution in [0, 0.1) is 24.0 Å². The second-order valence-electron chi connectivity index (χ2n) is 4.67. The number of carbonyl (C=O) groups is 1. The molecule has 1 atom stereocenters. The summed E-state index contributed by atoms with van der Waals surface area (Å²) < 4.78 is 25.7. The molecule has 0 fully saturated rings. The summed E-state index contributed by atoms with van der Waals surface area (Å²) in [6, 6.07) is 1.57. The van der Waals surface area contributed by atoms with Crippen LogP contribution in [0.3, 0.4) is 0 Å². The Kier molecular flexibility index (Phi) is 4.69. The van der Waals surface area contributed by atoms with Crippen LogP contribution in [0.15, 0.2) is 17.0 Å². The molecule has 0 spiro atoms. The third-order valence-electron chi connectivity index (χ3n) is 3.25. The summed E-state index contributed by atoms with van der Waals surface area (Å²) in [5, 5.41) is 20.1. The number of hydrogen-bond acceptors (Lipinski definition) is 5. The van der Waals surface area contributed by atoms with Gasteiger partial charge in [-0.15, -0.1) is 0 Å². The van der Waals surface area contributed by atoms with Gasteiger partial charge in [-0.3, -0.25) is 14.9 Å². The summed E-state index contributed by atoms with van der Waals surface area (Å²) in [5.41, 5.74) is -0.142. The fraction of sp³-hybridized carbons (Fsp3) is 0.417. The van der Waals surface area contributed by atoms with E-state index in [1.165, 1.54) is 32.9 Å². The fourth-order valence-corrected chi connectivity index (χ4v) is 3.58. The van der Waals surface area contributed by atoms with Crippen LogP contribution in [0.5, 0.6) is 0 Å². The van der Waals surface area contributed by atoms with Crippen LogP contribution < -0.4 is 0 Å². The first-order valence-corrected chi connectivity index (χ1v) is 7.41. The van der Waals surface area contributed by atoms with Crippen molar-refractivity contribution >= 4 is 21.7 Å². The number of likely N-dealkylation sites (N-methyl/N-ethyl adjacent to an activating group) is 1. The predicted molar refractivity (Wildman–Crippen MR) is 74.6 cm³/mol. The number of carboxylic acid groups (broad SMARTS) is 1. The SMILES string of the molecule is Cc1ccc(C)c(S(=O)(=O)N(C)C(C)C(=O)O)c1[N+](=O)[O-]. The van der Waals surface area contributed by atoms with Crippen LogP contribution in [0.4, 0.5) is 5.69 Å². The number of rotatable bonds is 5. The first kappa shape index (κ1) is 17.1. The second-order valence-corrected chi connectivity index (χ2v) is 6.60. The minimum absolute atomic E-state index is 0.191. The van der Waals surface area contributed by atoms with E-state index >= 15 is 0 Å². The number of sulfonamides is 1. The van der Waals surface area contributed by atoms with Gasteiger partial charge in [-0.1, -0.05) is 12.1 Å². The molecule has 1 aromatic rings. The van der Waals surface area contributed by atoms with Gasteiger partial charge in [0.1, 0.15) is 6.04 Å². The Labute approximate surface area is 122 Å². The van der Waals surface area contributed by atoms with Gasteiger partial charge in [-0.25, -0.2) is 8.42 Å². The number of nitrogens with zero attached hydrogens (tertiary/aromatic N) is 2. The van der Waals surface area contributed by atoms with Crippen molar-refractivity contribution in [2.24, 2.45) is 0 Å².